The second-order valence-corrected chi connectivity index (χ2v) is 12.6. The third-order valence-corrected chi connectivity index (χ3v) is 10.1. The summed E-state index contributed by atoms with van der Waals surface area (Å²) in [6, 6.07) is 17.3. The number of hydrogen-bond acceptors (Lipinski definition) is 6. The van der Waals surface area contributed by atoms with E-state index in [1.807, 2.05) is 48.5 Å². The number of anilines is 1. The van der Waals surface area contributed by atoms with Gasteiger partial charge in [0.15, 0.2) is 5.82 Å². The predicted molar refractivity (Wildman–Crippen MR) is 159 cm³/mol. The first-order valence-electron chi connectivity index (χ1n) is 14.4. The van der Waals surface area contributed by atoms with Gasteiger partial charge in [0.25, 0.3) is 0 Å². The molecule has 3 saturated carbocycles. The van der Waals surface area contributed by atoms with Crippen LogP contribution in [0.5, 0.6) is 11.5 Å². The zero-order valence-corrected chi connectivity index (χ0v) is 23.6. The highest BCUT2D eigenvalue weighted by molar-refractivity contribution is 7.99. The Balaban J connectivity index is 1.24. The second kappa shape index (κ2) is 10.1. The number of fused-ring (bicyclic) bond motifs is 6. The lowest BCUT2D eigenvalue weighted by Crippen LogP contribution is -2.51. The van der Waals surface area contributed by atoms with Crippen molar-refractivity contribution in [3.63, 3.8) is 0 Å². The summed E-state index contributed by atoms with van der Waals surface area (Å²) in [6.07, 6.45) is 5.35. The molecule has 7 nitrogen and oxygen atoms in total. The molecular formula is C33H26F2N4O3S. The van der Waals surface area contributed by atoms with Gasteiger partial charge in [0, 0.05) is 40.9 Å². The average Bonchev–Trinajstić information content (AvgIpc) is 3.44. The largest absolute Gasteiger partial charge is 0.481 e. The maximum Gasteiger partial charge on any atom is 0.308 e. The molecule has 0 amide bonds. The molecule has 3 fully saturated rings. The Morgan fingerprint density at radius 1 is 0.953 bits per heavy atom. The molecule has 2 atom stereocenters. The third kappa shape index (κ3) is 4.52. The van der Waals surface area contributed by atoms with Crippen LogP contribution in [0.15, 0.2) is 76.7 Å². The van der Waals surface area contributed by atoms with Gasteiger partial charge >= 0.3 is 5.97 Å². The molecule has 216 valence electrons. The Bertz CT molecular complexity index is 1920. The minimum absolute atomic E-state index is 0.124. The molecule has 3 aliphatic carbocycles. The minimum atomic E-state index is -0.798. The van der Waals surface area contributed by atoms with Crippen molar-refractivity contribution >= 4 is 34.5 Å². The summed E-state index contributed by atoms with van der Waals surface area (Å²) in [4.78, 5) is 26.9. The van der Waals surface area contributed by atoms with Crippen LogP contribution in [0.4, 0.5) is 14.6 Å². The van der Waals surface area contributed by atoms with Crippen LogP contribution in [0.1, 0.15) is 25.7 Å². The molecule has 4 aliphatic rings. The highest BCUT2D eigenvalue weighted by atomic mass is 32.2. The second-order valence-electron chi connectivity index (χ2n) is 11.5. The highest BCUT2D eigenvalue weighted by Crippen LogP contribution is 2.49. The van der Waals surface area contributed by atoms with Gasteiger partial charge in [-0.3, -0.25) is 4.79 Å². The Labute approximate surface area is 249 Å². The van der Waals surface area contributed by atoms with E-state index >= 15 is 0 Å². The summed E-state index contributed by atoms with van der Waals surface area (Å²) in [5.74, 6) is -0.169. The molecule has 0 saturated heterocycles. The number of ether oxygens (including phenoxy) is 1. The normalized spacial score (nSPS) is 22.1. The lowest BCUT2D eigenvalue weighted by molar-refractivity contribution is -0.148. The molecule has 0 unspecified atom stereocenters. The van der Waals surface area contributed by atoms with Crippen LogP contribution in [0, 0.1) is 29.4 Å². The summed E-state index contributed by atoms with van der Waals surface area (Å²) < 4.78 is 35.1. The number of rotatable bonds is 5. The fourth-order valence-corrected chi connectivity index (χ4v) is 7.93. The number of carboxylic acid groups (broad SMARTS) is 1. The number of halogens is 2. The van der Waals surface area contributed by atoms with Crippen molar-refractivity contribution in [2.75, 3.05) is 5.32 Å². The molecule has 0 radical (unpaired) electrons. The molecule has 3 N–H and O–H groups in total. The summed E-state index contributed by atoms with van der Waals surface area (Å²) >= 11 is 1.63. The summed E-state index contributed by atoms with van der Waals surface area (Å²) in [7, 11) is 0. The Kier molecular flexibility index (Phi) is 6.15. The van der Waals surface area contributed by atoms with E-state index in [-0.39, 0.29) is 29.2 Å². The molecule has 1 aliphatic heterocycles. The number of benzene rings is 3. The van der Waals surface area contributed by atoms with Gasteiger partial charge in [-0.25, -0.2) is 18.7 Å². The van der Waals surface area contributed by atoms with Gasteiger partial charge in [-0.1, -0.05) is 30.0 Å². The number of carboxylic acids is 1. The van der Waals surface area contributed by atoms with Crippen molar-refractivity contribution in [1.82, 2.24) is 15.0 Å². The number of nitrogens with one attached hydrogen (secondary N) is 2. The molecule has 9 rings (SSSR count). The van der Waals surface area contributed by atoms with Gasteiger partial charge in [0.05, 0.1) is 26.9 Å². The zero-order chi connectivity index (χ0) is 29.2. The van der Waals surface area contributed by atoms with E-state index in [0.29, 0.717) is 28.2 Å². The molecule has 3 heterocycles. The quantitative estimate of drug-likeness (QED) is 0.185. The number of carbonyl (C=O) groups is 1. The Hall–Kier alpha value is -4.44. The van der Waals surface area contributed by atoms with E-state index in [0.717, 1.165) is 52.9 Å². The van der Waals surface area contributed by atoms with Crippen LogP contribution in [0.2, 0.25) is 0 Å². The SMILES string of the molecule is O=C(O)[C@@H]1C2CCC(CC2)[C@H]1Nc1cc(-c2ccc3c(c2)Oc2ccccc2S3)nc(-c2c[nH]c3c(F)cc(F)cc23)n1. The van der Waals surface area contributed by atoms with E-state index < -0.39 is 23.5 Å². The van der Waals surface area contributed by atoms with Crippen LogP contribution in [-0.2, 0) is 4.79 Å². The van der Waals surface area contributed by atoms with Crippen LogP contribution in [0.3, 0.4) is 0 Å². The molecule has 43 heavy (non-hydrogen) atoms. The van der Waals surface area contributed by atoms with Gasteiger partial charge in [-0.2, -0.15) is 0 Å². The van der Waals surface area contributed by atoms with Crippen molar-refractivity contribution in [3.8, 4) is 34.1 Å². The van der Waals surface area contributed by atoms with Gasteiger partial charge in [0.2, 0.25) is 0 Å². The fourth-order valence-electron chi connectivity index (χ4n) is 7.00. The zero-order valence-electron chi connectivity index (χ0n) is 22.8. The van der Waals surface area contributed by atoms with Crippen molar-refractivity contribution in [1.29, 1.82) is 0 Å². The molecule has 2 bridgehead atoms. The number of aromatic amines is 1. The maximum absolute atomic E-state index is 14.6. The average molecular weight is 597 g/mol. The standard InChI is InChI=1S/C33H26F2N4O3S/c34-19-12-20-21(15-36-31(20)22(35)13-19)32-37-23(18-9-10-27-25(11-18)42-24-3-1-2-4-26(24)43-27)14-28(39-32)38-30-17-7-5-16(6-8-17)29(30)33(40)41/h1-4,9-17,29-30,36H,5-8H2,(H,40,41)(H,37,38,39)/t16?,17?,29-,30-/m1/s1. The van der Waals surface area contributed by atoms with E-state index in [9.17, 15) is 18.7 Å². The van der Waals surface area contributed by atoms with Crippen LogP contribution in [-0.4, -0.2) is 32.1 Å². The molecule has 3 aromatic carbocycles. The first-order valence-corrected chi connectivity index (χ1v) is 15.2. The minimum Gasteiger partial charge on any atom is -0.481 e. The third-order valence-electron chi connectivity index (χ3n) is 9.02. The molecular weight excluding hydrogens is 570 g/mol. The maximum atomic E-state index is 14.6. The van der Waals surface area contributed by atoms with Gasteiger partial charge in [-0.05, 0) is 67.9 Å². The van der Waals surface area contributed by atoms with Gasteiger partial charge in [0.1, 0.15) is 29.0 Å². The molecule has 2 aromatic heterocycles. The number of aromatic nitrogens is 3. The van der Waals surface area contributed by atoms with Crippen LogP contribution < -0.4 is 10.1 Å². The molecule has 0 spiro atoms. The lowest BCUT2D eigenvalue weighted by atomic mass is 9.61. The van der Waals surface area contributed by atoms with E-state index in [2.05, 4.69) is 10.3 Å². The van der Waals surface area contributed by atoms with Crippen molar-refractivity contribution in [3.05, 3.63) is 78.5 Å². The number of H-pyrrole nitrogens is 1. The number of para-hydroxylation sites is 1. The monoisotopic (exact) mass is 596 g/mol. The van der Waals surface area contributed by atoms with E-state index in [1.165, 1.54) is 6.07 Å². The van der Waals surface area contributed by atoms with E-state index in [4.69, 9.17) is 14.7 Å². The highest BCUT2D eigenvalue weighted by Gasteiger charge is 2.47. The van der Waals surface area contributed by atoms with Gasteiger partial charge in [-0.15, -0.1) is 0 Å². The first kappa shape index (κ1) is 26.2. The predicted octanol–water partition coefficient (Wildman–Crippen LogP) is 8.13. The van der Waals surface area contributed by atoms with Crippen LogP contribution >= 0.6 is 11.8 Å². The fraction of sp³-hybridized carbons (Fsp3) is 0.242. The lowest BCUT2D eigenvalue weighted by Gasteiger charge is -2.47. The number of nitrogens with zero attached hydrogens (tertiary/aromatic N) is 2. The van der Waals surface area contributed by atoms with E-state index in [1.54, 1.807) is 18.0 Å². The van der Waals surface area contributed by atoms with Crippen molar-refractivity contribution < 1.29 is 23.4 Å². The smallest absolute Gasteiger partial charge is 0.308 e. The van der Waals surface area contributed by atoms with Crippen molar-refractivity contribution in [2.24, 2.45) is 17.8 Å². The molecule has 5 aromatic rings. The van der Waals surface area contributed by atoms with Crippen LogP contribution in [0.25, 0.3) is 33.5 Å². The number of hydrogen-bond donors (Lipinski definition) is 3. The first-order chi connectivity index (χ1) is 20.9. The Morgan fingerprint density at radius 3 is 2.58 bits per heavy atom. The summed E-state index contributed by atoms with van der Waals surface area (Å²) in [5.41, 5.74) is 1.94. The Morgan fingerprint density at radius 2 is 1.74 bits per heavy atom. The number of aliphatic carboxylic acids is 1. The summed E-state index contributed by atoms with van der Waals surface area (Å²) in [6.45, 7) is 0. The topological polar surface area (TPSA) is 100 Å². The van der Waals surface area contributed by atoms with Crippen molar-refractivity contribution in [2.45, 2.75) is 41.5 Å². The summed E-state index contributed by atoms with van der Waals surface area (Å²) in [5, 5.41) is 13.9. The van der Waals surface area contributed by atoms with Gasteiger partial charge < -0.3 is 20.1 Å². The molecule has 10 heteroatoms.